The maximum Gasteiger partial charge on any atom is 0.0621 e. The fourth-order valence-corrected chi connectivity index (χ4v) is 2.10. The number of fused-ring (bicyclic) bond motifs is 1. The lowest BCUT2D eigenvalue weighted by Crippen LogP contribution is -1.95. The molecule has 0 amide bonds. The number of aryl methyl sites for hydroxylation is 1. The van der Waals surface area contributed by atoms with Crippen LogP contribution in [-0.2, 0) is 6.54 Å². The molecule has 0 aliphatic rings. The van der Waals surface area contributed by atoms with E-state index in [-0.39, 0.29) is 0 Å². The molecule has 82 valence electrons. The number of unbranched alkanes of at least 4 members (excludes halogenated alkanes) is 2. The molecule has 0 aliphatic heterocycles. The van der Waals surface area contributed by atoms with E-state index in [4.69, 9.17) is 16.9 Å². The van der Waals surface area contributed by atoms with Crippen LogP contribution < -0.4 is 0 Å². The third-order valence-electron chi connectivity index (χ3n) is 2.70. The molecule has 0 aliphatic carbocycles. The molecule has 0 saturated carbocycles. The monoisotopic (exact) mass is 232 g/mol. The molecule has 2 rings (SSSR count). The lowest BCUT2D eigenvalue weighted by atomic mass is 10.2. The Kier molecular flexibility index (Phi) is 3.48. The molecule has 0 spiro atoms. The summed E-state index contributed by atoms with van der Waals surface area (Å²) in [6, 6.07) is 10.2. The van der Waals surface area contributed by atoms with E-state index < -0.39 is 0 Å². The molecule has 16 heavy (non-hydrogen) atoms. The first-order chi connectivity index (χ1) is 7.83. The molecule has 0 atom stereocenters. The zero-order chi connectivity index (χ0) is 11.4. The summed E-state index contributed by atoms with van der Waals surface area (Å²) >= 11 is 6.10. The first-order valence-corrected chi connectivity index (χ1v) is 5.81. The minimum atomic E-state index is 0.639. The van der Waals surface area contributed by atoms with E-state index in [2.05, 4.69) is 22.9 Å². The fourth-order valence-electron chi connectivity index (χ4n) is 1.87. The van der Waals surface area contributed by atoms with Gasteiger partial charge >= 0.3 is 0 Å². The van der Waals surface area contributed by atoms with Crippen molar-refractivity contribution in [3.05, 3.63) is 35.5 Å². The van der Waals surface area contributed by atoms with Crippen LogP contribution in [0.1, 0.15) is 19.3 Å². The van der Waals surface area contributed by atoms with Gasteiger partial charge in [0.2, 0.25) is 0 Å². The van der Waals surface area contributed by atoms with Gasteiger partial charge in [0.05, 0.1) is 6.07 Å². The molecule has 0 unspecified atom stereocenters. The lowest BCUT2D eigenvalue weighted by Gasteiger charge is -2.04. The number of hydrogen-bond acceptors (Lipinski definition) is 1. The molecular weight excluding hydrogens is 220 g/mol. The van der Waals surface area contributed by atoms with Gasteiger partial charge in [-0.15, -0.1) is 0 Å². The quantitative estimate of drug-likeness (QED) is 0.733. The molecule has 3 heteroatoms. The summed E-state index contributed by atoms with van der Waals surface area (Å²) in [7, 11) is 0. The van der Waals surface area contributed by atoms with Crippen LogP contribution in [0.5, 0.6) is 0 Å². The van der Waals surface area contributed by atoms with Crippen LogP contribution in [0.2, 0.25) is 5.02 Å². The molecule has 0 saturated heterocycles. The molecule has 0 N–H and O–H groups in total. The van der Waals surface area contributed by atoms with Gasteiger partial charge in [0, 0.05) is 35.1 Å². The molecule has 1 heterocycles. The second kappa shape index (κ2) is 5.05. The standard InChI is InChI=1S/C13H13ClN2/c14-12-5-4-6-13-11(12)7-10-16(13)9-3-1-2-8-15/h4-7,10H,1-3,9H2. The number of rotatable bonds is 4. The van der Waals surface area contributed by atoms with E-state index >= 15 is 0 Å². The second-order valence-electron chi connectivity index (χ2n) is 3.80. The molecule has 0 fully saturated rings. The summed E-state index contributed by atoms with van der Waals surface area (Å²) in [6.07, 6.45) is 4.68. The largest absolute Gasteiger partial charge is 0.347 e. The van der Waals surface area contributed by atoms with Crippen molar-refractivity contribution in [3.8, 4) is 6.07 Å². The van der Waals surface area contributed by atoms with Crippen molar-refractivity contribution >= 4 is 22.5 Å². The normalized spacial score (nSPS) is 10.5. The molecule has 1 aromatic heterocycles. The number of aromatic nitrogens is 1. The SMILES string of the molecule is N#CCCCCn1ccc2c(Cl)cccc21. The van der Waals surface area contributed by atoms with Crippen LogP contribution >= 0.6 is 11.6 Å². The van der Waals surface area contributed by atoms with Crippen LogP contribution in [0.15, 0.2) is 30.5 Å². The van der Waals surface area contributed by atoms with Gasteiger partial charge in [0.1, 0.15) is 0 Å². The maximum absolute atomic E-state index is 8.46. The molecule has 0 bridgehead atoms. The summed E-state index contributed by atoms with van der Waals surface area (Å²) in [5.41, 5.74) is 1.17. The molecule has 0 radical (unpaired) electrons. The first-order valence-electron chi connectivity index (χ1n) is 5.43. The van der Waals surface area contributed by atoms with E-state index in [0.717, 1.165) is 29.8 Å². The number of nitrogens with zero attached hydrogens (tertiary/aromatic N) is 2. The van der Waals surface area contributed by atoms with Crippen molar-refractivity contribution in [2.75, 3.05) is 0 Å². The molecule has 2 aromatic rings. The Morgan fingerprint density at radius 3 is 2.94 bits per heavy atom. The van der Waals surface area contributed by atoms with Gasteiger partial charge in [0.25, 0.3) is 0 Å². The van der Waals surface area contributed by atoms with E-state index in [0.29, 0.717) is 6.42 Å². The number of benzene rings is 1. The average Bonchev–Trinajstić information content (AvgIpc) is 2.70. The van der Waals surface area contributed by atoms with E-state index in [1.54, 1.807) is 0 Å². The van der Waals surface area contributed by atoms with Crippen LogP contribution in [0.4, 0.5) is 0 Å². The van der Waals surface area contributed by atoms with E-state index in [1.165, 1.54) is 5.52 Å². The van der Waals surface area contributed by atoms with Crippen molar-refractivity contribution < 1.29 is 0 Å². The molecular formula is C13H13ClN2. The van der Waals surface area contributed by atoms with Crippen molar-refractivity contribution in [2.24, 2.45) is 0 Å². The van der Waals surface area contributed by atoms with Gasteiger partial charge in [-0.05, 0) is 31.0 Å². The average molecular weight is 233 g/mol. The number of hydrogen-bond donors (Lipinski definition) is 0. The van der Waals surface area contributed by atoms with Gasteiger partial charge < -0.3 is 4.57 Å². The van der Waals surface area contributed by atoms with Crippen molar-refractivity contribution in [2.45, 2.75) is 25.8 Å². The summed E-state index contributed by atoms with van der Waals surface area (Å²) in [6.45, 7) is 0.950. The smallest absolute Gasteiger partial charge is 0.0621 e. The summed E-state index contributed by atoms with van der Waals surface area (Å²) < 4.78 is 2.19. The highest BCUT2D eigenvalue weighted by atomic mass is 35.5. The van der Waals surface area contributed by atoms with Gasteiger partial charge in [-0.3, -0.25) is 0 Å². The predicted molar refractivity (Wildman–Crippen MR) is 66.4 cm³/mol. The summed E-state index contributed by atoms with van der Waals surface area (Å²) in [5, 5.41) is 10.4. The summed E-state index contributed by atoms with van der Waals surface area (Å²) in [4.78, 5) is 0. The van der Waals surface area contributed by atoms with Gasteiger partial charge in [-0.25, -0.2) is 0 Å². The topological polar surface area (TPSA) is 28.7 Å². The van der Waals surface area contributed by atoms with Gasteiger partial charge in [-0.1, -0.05) is 17.7 Å². The van der Waals surface area contributed by atoms with E-state index in [1.807, 2.05) is 18.2 Å². The van der Waals surface area contributed by atoms with Crippen LogP contribution in [0.25, 0.3) is 10.9 Å². The highest BCUT2D eigenvalue weighted by Gasteiger charge is 2.03. The Morgan fingerprint density at radius 1 is 1.25 bits per heavy atom. The minimum absolute atomic E-state index is 0.639. The highest BCUT2D eigenvalue weighted by Crippen LogP contribution is 2.24. The second-order valence-corrected chi connectivity index (χ2v) is 4.20. The third kappa shape index (κ3) is 2.20. The Labute approximate surface area is 100 Å². The van der Waals surface area contributed by atoms with Crippen LogP contribution in [0, 0.1) is 11.3 Å². The number of halogens is 1. The zero-order valence-corrected chi connectivity index (χ0v) is 9.74. The van der Waals surface area contributed by atoms with Crippen molar-refractivity contribution in [1.82, 2.24) is 4.57 Å². The lowest BCUT2D eigenvalue weighted by molar-refractivity contribution is 0.632. The Bertz CT molecular complexity index is 522. The number of nitriles is 1. The maximum atomic E-state index is 8.46. The molecule has 1 aromatic carbocycles. The summed E-state index contributed by atoms with van der Waals surface area (Å²) in [5.74, 6) is 0. The van der Waals surface area contributed by atoms with Crippen molar-refractivity contribution in [1.29, 1.82) is 5.26 Å². The zero-order valence-electron chi connectivity index (χ0n) is 8.99. The first kappa shape index (κ1) is 11.0. The Morgan fingerprint density at radius 2 is 2.12 bits per heavy atom. The van der Waals surface area contributed by atoms with Gasteiger partial charge in [0.15, 0.2) is 0 Å². The van der Waals surface area contributed by atoms with Crippen LogP contribution in [-0.4, -0.2) is 4.57 Å². The third-order valence-corrected chi connectivity index (χ3v) is 3.03. The highest BCUT2D eigenvalue weighted by molar-refractivity contribution is 6.35. The van der Waals surface area contributed by atoms with E-state index in [9.17, 15) is 0 Å². The van der Waals surface area contributed by atoms with Gasteiger partial charge in [-0.2, -0.15) is 5.26 Å². The Hall–Kier alpha value is -1.46. The molecule has 2 nitrogen and oxygen atoms in total. The van der Waals surface area contributed by atoms with Crippen LogP contribution in [0.3, 0.4) is 0 Å². The minimum Gasteiger partial charge on any atom is -0.347 e. The Balaban J connectivity index is 2.14. The van der Waals surface area contributed by atoms with Crippen molar-refractivity contribution in [3.63, 3.8) is 0 Å². The fraction of sp³-hybridized carbons (Fsp3) is 0.308. The predicted octanol–water partition coefficient (Wildman–Crippen LogP) is 3.99.